The van der Waals surface area contributed by atoms with Crippen molar-refractivity contribution in [3.8, 4) is 11.5 Å². The highest BCUT2D eigenvalue weighted by Crippen LogP contribution is 2.41. The fourth-order valence-electron chi connectivity index (χ4n) is 2.65. The van der Waals surface area contributed by atoms with Gasteiger partial charge in [-0.1, -0.05) is 25.5 Å². The summed E-state index contributed by atoms with van der Waals surface area (Å²) >= 11 is 0. The number of ether oxygens (including phenoxy) is 3. The number of nitrogens with one attached hydrogen (secondary N) is 1. The Kier molecular flexibility index (Phi) is 6.91. The van der Waals surface area contributed by atoms with E-state index in [0.29, 0.717) is 18.9 Å². The van der Waals surface area contributed by atoms with E-state index < -0.39 is 0 Å². The lowest BCUT2D eigenvalue weighted by molar-refractivity contribution is -0.123. The van der Waals surface area contributed by atoms with Crippen LogP contribution in [-0.2, 0) is 16.0 Å². The maximum atomic E-state index is 11.9. The standard InChI is InChI=1S/C19H29NO4/c1-4-5-11-22-12-7-10-20-17(21)14-23-16-9-6-8-15-13-19(2,3)24-18(15)16/h6,8-9H,4-5,7,10-14H2,1-3H3,(H,20,21). The van der Waals surface area contributed by atoms with Crippen molar-refractivity contribution in [1.82, 2.24) is 5.32 Å². The van der Waals surface area contributed by atoms with Gasteiger partial charge >= 0.3 is 0 Å². The molecule has 134 valence electrons. The number of rotatable bonds is 10. The van der Waals surface area contributed by atoms with Crippen LogP contribution in [0.25, 0.3) is 0 Å². The van der Waals surface area contributed by atoms with Crippen LogP contribution in [0.5, 0.6) is 11.5 Å². The van der Waals surface area contributed by atoms with Crippen molar-refractivity contribution in [2.24, 2.45) is 0 Å². The van der Waals surface area contributed by atoms with Gasteiger partial charge in [-0.05, 0) is 32.8 Å². The molecule has 1 N–H and O–H groups in total. The highest BCUT2D eigenvalue weighted by Gasteiger charge is 2.32. The minimum Gasteiger partial charge on any atom is -0.483 e. The van der Waals surface area contributed by atoms with Crippen LogP contribution in [0.1, 0.15) is 45.6 Å². The van der Waals surface area contributed by atoms with Crippen LogP contribution in [0.4, 0.5) is 0 Å². The van der Waals surface area contributed by atoms with Crippen molar-refractivity contribution in [2.75, 3.05) is 26.4 Å². The number of para-hydroxylation sites is 1. The number of benzene rings is 1. The average molecular weight is 335 g/mol. The minimum absolute atomic E-state index is 0.00304. The molecule has 1 aliphatic heterocycles. The first-order valence-electron chi connectivity index (χ1n) is 8.80. The molecule has 5 nitrogen and oxygen atoms in total. The summed E-state index contributed by atoms with van der Waals surface area (Å²) in [6, 6.07) is 5.81. The number of fused-ring (bicyclic) bond motifs is 1. The lowest BCUT2D eigenvalue weighted by Gasteiger charge is -2.18. The van der Waals surface area contributed by atoms with Gasteiger partial charge in [0, 0.05) is 31.7 Å². The summed E-state index contributed by atoms with van der Waals surface area (Å²) < 4.78 is 17.0. The summed E-state index contributed by atoms with van der Waals surface area (Å²) in [5.74, 6) is 1.27. The maximum absolute atomic E-state index is 11.9. The Morgan fingerprint density at radius 1 is 1.29 bits per heavy atom. The molecule has 0 aromatic heterocycles. The highest BCUT2D eigenvalue weighted by molar-refractivity contribution is 5.77. The molecule has 0 bridgehead atoms. The molecular weight excluding hydrogens is 306 g/mol. The minimum atomic E-state index is -0.220. The lowest BCUT2D eigenvalue weighted by atomic mass is 10.0. The molecule has 1 amide bonds. The van der Waals surface area contributed by atoms with Crippen LogP contribution >= 0.6 is 0 Å². The topological polar surface area (TPSA) is 56.8 Å². The largest absolute Gasteiger partial charge is 0.483 e. The number of carbonyl (C=O) groups is 1. The second-order valence-electron chi connectivity index (χ2n) is 6.74. The van der Waals surface area contributed by atoms with Gasteiger partial charge in [0.05, 0.1) is 0 Å². The third-order valence-corrected chi connectivity index (χ3v) is 3.84. The lowest BCUT2D eigenvalue weighted by Crippen LogP contribution is -2.30. The fraction of sp³-hybridized carbons (Fsp3) is 0.632. The van der Waals surface area contributed by atoms with E-state index in [1.165, 1.54) is 0 Å². The Morgan fingerprint density at radius 3 is 2.88 bits per heavy atom. The molecule has 0 atom stereocenters. The molecule has 0 saturated heterocycles. The molecule has 0 unspecified atom stereocenters. The molecule has 2 rings (SSSR count). The average Bonchev–Trinajstić information content (AvgIpc) is 2.86. The van der Waals surface area contributed by atoms with Gasteiger partial charge in [0.2, 0.25) is 0 Å². The Balaban J connectivity index is 1.67. The maximum Gasteiger partial charge on any atom is 0.257 e. The first-order chi connectivity index (χ1) is 11.5. The zero-order valence-electron chi connectivity index (χ0n) is 15.0. The van der Waals surface area contributed by atoms with Crippen LogP contribution in [-0.4, -0.2) is 37.9 Å². The first kappa shape index (κ1) is 18.6. The molecule has 1 heterocycles. The van der Waals surface area contributed by atoms with Gasteiger partial charge in [-0.3, -0.25) is 4.79 Å². The molecule has 1 aliphatic rings. The van der Waals surface area contributed by atoms with Crippen molar-refractivity contribution in [2.45, 2.75) is 52.1 Å². The Hall–Kier alpha value is -1.75. The van der Waals surface area contributed by atoms with E-state index in [-0.39, 0.29) is 18.1 Å². The Bertz CT molecular complexity index is 542. The summed E-state index contributed by atoms with van der Waals surface area (Å²) in [7, 11) is 0. The predicted octanol–water partition coefficient (Wildman–Crippen LogP) is 3.10. The third kappa shape index (κ3) is 5.71. The SMILES string of the molecule is CCCCOCCCNC(=O)COc1cccc2c1OC(C)(C)C2. The second kappa shape index (κ2) is 8.92. The number of hydrogen-bond acceptors (Lipinski definition) is 4. The van der Waals surface area contributed by atoms with Crippen LogP contribution in [0.3, 0.4) is 0 Å². The third-order valence-electron chi connectivity index (χ3n) is 3.84. The Labute approximate surface area is 144 Å². The van der Waals surface area contributed by atoms with E-state index in [2.05, 4.69) is 12.2 Å². The van der Waals surface area contributed by atoms with Crippen molar-refractivity contribution in [1.29, 1.82) is 0 Å². The van der Waals surface area contributed by atoms with E-state index in [1.54, 1.807) is 0 Å². The molecule has 5 heteroatoms. The number of carbonyl (C=O) groups excluding carboxylic acids is 1. The summed E-state index contributed by atoms with van der Waals surface area (Å²) in [6.07, 6.45) is 3.88. The van der Waals surface area contributed by atoms with Crippen LogP contribution < -0.4 is 14.8 Å². The number of amides is 1. The van der Waals surface area contributed by atoms with E-state index in [4.69, 9.17) is 14.2 Å². The zero-order chi connectivity index (χ0) is 17.4. The van der Waals surface area contributed by atoms with Crippen molar-refractivity contribution in [3.63, 3.8) is 0 Å². The molecule has 0 saturated carbocycles. The van der Waals surface area contributed by atoms with Gasteiger partial charge in [-0.25, -0.2) is 0 Å². The summed E-state index contributed by atoms with van der Waals surface area (Å²) in [4.78, 5) is 11.9. The van der Waals surface area contributed by atoms with Gasteiger partial charge in [0.1, 0.15) is 5.60 Å². The Morgan fingerprint density at radius 2 is 2.08 bits per heavy atom. The molecule has 0 fully saturated rings. The summed E-state index contributed by atoms with van der Waals surface area (Å²) in [5, 5.41) is 2.84. The monoisotopic (exact) mass is 335 g/mol. The van der Waals surface area contributed by atoms with Crippen LogP contribution in [0.15, 0.2) is 18.2 Å². The molecule has 24 heavy (non-hydrogen) atoms. The van der Waals surface area contributed by atoms with Crippen molar-refractivity contribution >= 4 is 5.91 Å². The van der Waals surface area contributed by atoms with Gasteiger partial charge < -0.3 is 19.5 Å². The van der Waals surface area contributed by atoms with E-state index in [9.17, 15) is 4.79 Å². The first-order valence-corrected chi connectivity index (χ1v) is 8.80. The summed E-state index contributed by atoms with van der Waals surface area (Å²) in [6.45, 7) is 8.30. The van der Waals surface area contributed by atoms with Gasteiger partial charge in [-0.15, -0.1) is 0 Å². The van der Waals surface area contributed by atoms with E-state index in [0.717, 1.165) is 43.6 Å². The van der Waals surface area contributed by atoms with Crippen LogP contribution in [0.2, 0.25) is 0 Å². The molecule has 1 aromatic rings. The smallest absolute Gasteiger partial charge is 0.257 e. The highest BCUT2D eigenvalue weighted by atomic mass is 16.5. The van der Waals surface area contributed by atoms with Gasteiger partial charge in [-0.2, -0.15) is 0 Å². The fourth-order valence-corrected chi connectivity index (χ4v) is 2.65. The number of hydrogen-bond donors (Lipinski definition) is 1. The molecule has 1 aromatic carbocycles. The summed E-state index contributed by atoms with van der Waals surface area (Å²) in [5.41, 5.74) is 0.907. The van der Waals surface area contributed by atoms with Crippen molar-refractivity contribution < 1.29 is 19.0 Å². The normalized spacial score (nSPS) is 14.8. The van der Waals surface area contributed by atoms with Crippen molar-refractivity contribution in [3.05, 3.63) is 23.8 Å². The van der Waals surface area contributed by atoms with E-state index in [1.807, 2.05) is 32.0 Å². The molecule has 0 radical (unpaired) electrons. The van der Waals surface area contributed by atoms with E-state index >= 15 is 0 Å². The quantitative estimate of drug-likeness (QED) is 0.668. The molecular formula is C19H29NO4. The molecule has 0 spiro atoms. The molecule has 0 aliphatic carbocycles. The van der Waals surface area contributed by atoms with Gasteiger partial charge in [0.15, 0.2) is 18.1 Å². The zero-order valence-corrected chi connectivity index (χ0v) is 15.0. The van der Waals surface area contributed by atoms with Gasteiger partial charge in [0.25, 0.3) is 5.91 Å². The number of unbranched alkanes of at least 4 members (excludes halogenated alkanes) is 1. The van der Waals surface area contributed by atoms with Crippen LogP contribution in [0, 0.1) is 0 Å². The predicted molar refractivity (Wildman–Crippen MR) is 93.7 cm³/mol. The second-order valence-corrected chi connectivity index (χ2v) is 6.74.